The molecule has 10 nitrogen and oxygen atoms in total. The average Bonchev–Trinajstić information content (AvgIpc) is 3.43. The molecule has 0 aliphatic heterocycles. The Kier molecular flexibility index (Phi) is 8.84. The molecule has 2 heterocycles. The van der Waals surface area contributed by atoms with Crippen molar-refractivity contribution in [2.24, 2.45) is 9.50 Å². The second-order valence-electron chi connectivity index (χ2n) is 7.89. The summed E-state index contributed by atoms with van der Waals surface area (Å²) in [5.41, 5.74) is 2.48. The van der Waals surface area contributed by atoms with Crippen LogP contribution >= 0.6 is 11.3 Å². The van der Waals surface area contributed by atoms with Crippen molar-refractivity contribution < 1.29 is 17.9 Å². The Morgan fingerprint density at radius 3 is 2.50 bits per heavy atom. The van der Waals surface area contributed by atoms with Gasteiger partial charge >= 0.3 is 6.09 Å². The quantitative estimate of drug-likeness (QED) is 0.250. The maximum Gasteiger partial charge on any atom is 0.439 e. The van der Waals surface area contributed by atoms with E-state index in [1.165, 1.54) is 12.1 Å². The molecule has 1 atom stereocenters. The van der Waals surface area contributed by atoms with Crippen molar-refractivity contribution in [3.63, 3.8) is 0 Å². The Morgan fingerprint density at radius 2 is 1.87 bits per heavy atom. The number of primary sulfonamides is 1. The zero-order valence-corrected chi connectivity index (χ0v) is 23.1. The first-order chi connectivity index (χ1) is 18.2. The standard InChI is InChI=1S/C25H26N6O4S3/c1-3-35-25(32)31-37(2)19-10-8-18(9-11-19)29-24-28-16-21(22-5-4-14-36-22)23(30-24)27-15-17-6-12-20(13-7-17)38(26,33)34/h4-14,16H,3,15H2,1-2H3,(H2,26,33,34)(H2,27,28,29,30). The SMILES string of the molecule is CCOC(=O)N=S(C)c1ccc(Nc2ncc(-c3cccs3)c(NCc3ccc(S(N)(=O)=O)cc3)n2)cc1. The van der Waals surface area contributed by atoms with E-state index in [-0.39, 0.29) is 11.5 Å². The fraction of sp³-hybridized carbons (Fsp3) is 0.160. The van der Waals surface area contributed by atoms with Crippen molar-refractivity contribution in [3.8, 4) is 10.4 Å². The van der Waals surface area contributed by atoms with Crippen LogP contribution in [0, 0.1) is 0 Å². The maximum atomic E-state index is 11.6. The second kappa shape index (κ2) is 12.3. The minimum Gasteiger partial charge on any atom is -0.448 e. The number of aromatic nitrogens is 2. The number of hydrogen-bond acceptors (Lipinski definition) is 9. The monoisotopic (exact) mass is 570 g/mol. The van der Waals surface area contributed by atoms with Crippen molar-refractivity contribution in [2.75, 3.05) is 23.5 Å². The Bertz CT molecular complexity index is 1540. The number of nitrogens with zero attached hydrogens (tertiary/aromatic N) is 3. The molecule has 38 heavy (non-hydrogen) atoms. The molecule has 1 amide bonds. The highest BCUT2D eigenvalue weighted by Gasteiger charge is 2.12. The Hall–Kier alpha value is -3.65. The van der Waals surface area contributed by atoms with E-state index in [0.29, 0.717) is 18.3 Å². The number of sulfonamides is 1. The predicted octanol–water partition coefficient (Wildman–Crippen LogP) is 5.16. The van der Waals surface area contributed by atoms with Crippen LogP contribution in [0.5, 0.6) is 0 Å². The topological polar surface area (TPSA) is 149 Å². The van der Waals surface area contributed by atoms with Crippen LogP contribution in [-0.4, -0.2) is 37.3 Å². The molecule has 1 unspecified atom stereocenters. The number of benzene rings is 2. The number of carbonyl (C=O) groups is 1. The minimum atomic E-state index is -3.75. The summed E-state index contributed by atoms with van der Waals surface area (Å²) in [6, 6.07) is 17.8. The number of hydrogen-bond donors (Lipinski definition) is 3. The molecule has 198 valence electrons. The largest absolute Gasteiger partial charge is 0.448 e. The molecule has 0 spiro atoms. The van der Waals surface area contributed by atoms with Crippen molar-refractivity contribution >= 4 is 55.6 Å². The van der Waals surface area contributed by atoms with Gasteiger partial charge in [0.25, 0.3) is 0 Å². The fourth-order valence-corrected chi connectivity index (χ4v) is 5.51. The van der Waals surface area contributed by atoms with Crippen molar-refractivity contribution in [1.29, 1.82) is 0 Å². The molecule has 0 radical (unpaired) electrons. The van der Waals surface area contributed by atoms with E-state index < -0.39 is 26.8 Å². The van der Waals surface area contributed by atoms with E-state index in [2.05, 4.69) is 20.0 Å². The first kappa shape index (κ1) is 27.4. The predicted molar refractivity (Wildman–Crippen MR) is 151 cm³/mol. The van der Waals surface area contributed by atoms with Gasteiger partial charge in [-0.15, -0.1) is 15.7 Å². The molecule has 0 bridgehead atoms. The lowest BCUT2D eigenvalue weighted by Crippen LogP contribution is -2.12. The van der Waals surface area contributed by atoms with Gasteiger partial charge in [0.05, 0.1) is 17.1 Å². The summed E-state index contributed by atoms with van der Waals surface area (Å²) in [4.78, 5) is 22.8. The summed E-state index contributed by atoms with van der Waals surface area (Å²) in [6.45, 7) is 2.44. The molecule has 0 saturated carbocycles. The molecular weight excluding hydrogens is 545 g/mol. The molecule has 13 heteroatoms. The molecule has 2 aromatic heterocycles. The Labute approximate surface area is 227 Å². The van der Waals surface area contributed by atoms with Crippen molar-refractivity contribution in [2.45, 2.75) is 23.3 Å². The number of nitrogens with two attached hydrogens (primary N) is 1. The fourth-order valence-electron chi connectivity index (χ4n) is 3.35. The van der Waals surface area contributed by atoms with Crippen LogP contribution in [0.15, 0.2) is 86.4 Å². The van der Waals surface area contributed by atoms with Crippen LogP contribution in [-0.2, 0) is 32.0 Å². The van der Waals surface area contributed by atoms with E-state index in [9.17, 15) is 13.2 Å². The number of thiophene rings is 1. The number of nitrogens with one attached hydrogen (secondary N) is 2. The van der Waals surface area contributed by atoms with E-state index in [1.807, 2.05) is 48.0 Å². The molecular formula is C25H26N6O4S3. The van der Waals surface area contributed by atoms with Gasteiger partial charge in [-0.25, -0.2) is 23.3 Å². The van der Waals surface area contributed by atoms with Gasteiger partial charge in [0.15, 0.2) is 0 Å². The van der Waals surface area contributed by atoms with E-state index in [1.54, 1.807) is 36.6 Å². The highest BCUT2D eigenvalue weighted by Crippen LogP contribution is 2.31. The molecule has 0 saturated heterocycles. The molecule has 0 aliphatic carbocycles. The van der Waals surface area contributed by atoms with Crippen LogP contribution < -0.4 is 15.8 Å². The lowest BCUT2D eigenvalue weighted by Gasteiger charge is -2.13. The Morgan fingerprint density at radius 1 is 1.13 bits per heavy atom. The van der Waals surface area contributed by atoms with E-state index in [0.717, 1.165) is 26.6 Å². The molecule has 0 aliphatic rings. The summed E-state index contributed by atoms with van der Waals surface area (Å²) in [5, 5.41) is 13.7. The smallest absolute Gasteiger partial charge is 0.439 e. The highest BCUT2D eigenvalue weighted by molar-refractivity contribution is 7.89. The van der Waals surface area contributed by atoms with Gasteiger partial charge in [-0.1, -0.05) is 28.9 Å². The van der Waals surface area contributed by atoms with E-state index >= 15 is 0 Å². The van der Waals surface area contributed by atoms with Gasteiger partial charge in [-0.2, -0.15) is 4.98 Å². The maximum absolute atomic E-state index is 11.6. The molecule has 2 aromatic carbocycles. The van der Waals surface area contributed by atoms with Crippen LogP contribution in [0.1, 0.15) is 12.5 Å². The third-order valence-electron chi connectivity index (χ3n) is 5.22. The molecule has 4 aromatic rings. The number of rotatable bonds is 9. The number of anilines is 3. The number of ether oxygens (including phenoxy) is 1. The van der Waals surface area contributed by atoms with E-state index in [4.69, 9.17) is 14.9 Å². The molecule has 4 N–H and O–H groups in total. The van der Waals surface area contributed by atoms with Gasteiger partial charge in [0.1, 0.15) is 5.82 Å². The van der Waals surface area contributed by atoms with Crippen LogP contribution in [0.4, 0.5) is 22.2 Å². The van der Waals surface area contributed by atoms with Crippen LogP contribution in [0.3, 0.4) is 0 Å². The van der Waals surface area contributed by atoms with Gasteiger partial charge in [-0.3, -0.25) is 0 Å². The summed E-state index contributed by atoms with van der Waals surface area (Å²) >= 11 is 1.58. The second-order valence-corrected chi connectivity index (χ2v) is 12.0. The normalized spacial score (nSPS) is 12.2. The first-order valence-corrected chi connectivity index (χ1v) is 15.4. The summed E-state index contributed by atoms with van der Waals surface area (Å²) in [5.74, 6) is 1.03. The highest BCUT2D eigenvalue weighted by atomic mass is 32.2. The summed E-state index contributed by atoms with van der Waals surface area (Å²) in [6.07, 6.45) is 3.04. The third kappa shape index (κ3) is 7.22. The number of amides is 1. The molecule has 0 fully saturated rings. The van der Waals surface area contributed by atoms with Crippen LogP contribution in [0.2, 0.25) is 0 Å². The van der Waals surface area contributed by atoms with Crippen molar-refractivity contribution in [3.05, 3.63) is 77.8 Å². The zero-order chi connectivity index (χ0) is 27.1. The van der Waals surface area contributed by atoms with Gasteiger partial charge in [0.2, 0.25) is 16.0 Å². The van der Waals surface area contributed by atoms with Gasteiger partial charge < -0.3 is 15.4 Å². The van der Waals surface area contributed by atoms with Gasteiger partial charge in [0, 0.05) is 28.2 Å². The summed E-state index contributed by atoms with van der Waals surface area (Å²) < 4.78 is 32.0. The third-order valence-corrected chi connectivity index (χ3v) is 8.43. The van der Waals surface area contributed by atoms with Gasteiger partial charge in [-0.05, 0) is 66.6 Å². The minimum absolute atomic E-state index is 0.0598. The summed E-state index contributed by atoms with van der Waals surface area (Å²) in [7, 11) is -4.38. The Balaban J connectivity index is 1.52. The molecule has 4 rings (SSSR count). The number of carbonyl (C=O) groups excluding carboxylic acids is 1. The lowest BCUT2D eigenvalue weighted by atomic mass is 10.2. The van der Waals surface area contributed by atoms with Crippen molar-refractivity contribution in [1.82, 2.24) is 9.97 Å². The first-order valence-electron chi connectivity index (χ1n) is 11.4. The lowest BCUT2D eigenvalue weighted by molar-refractivity contribution is 0.164. The average molecular weight is 571 g/mol. The zero-order valence-electron chi connectivity index (χ0n) is 20.6. The van der Waals surface area contributed by atoms with Crippen LogP contribution in [0.25, 0.3) is 10.4 Å².